The molecule has 1 aromatic heterocycles. The third-order valence-corrected chi connectivity index (χ3v) is 5.18. The van der Waals surface area contributed by atoms with Crippen LogP contribution in [0.5, 0.6) is 5.75 Å². The van der Waals surface area contributed by atoms with E-state index in [1.807, 2.05) is 6.07 Å². The van der Waals surface area contributed by atoms with E-state index in [-0.39, 0.29) is 6.61 Å². The van der Waals surface area contributed by atoms with Crippen molar-refractivity contribution in [3.05, 3.63) is 56.6 Å². The molecule has 0 unspecified atom stereocenters. The third kappa shape index (κ3) is 4.13. The van der Waals surface area contributed by atoms with Crippen LogP contribution in [0.1, 0.15) is 17.3 Å². The molecule has 1 N–H and O–H groups in total. The zero-order valence-electron chi connectivity index (χ0n) is 14.5. The van der Waals surface area contributed by atoms with Crippen molar-refractivity contribution in [2.45, 2.75) is 6.92 Å². The Kier molecular flexibility index (Phi) is 6.09. The van der Waals surface area contributed by atoms with E-state index < -0.39 is 5.97 Å². The van der Waals surface area contributed by atoms with E-state index >= 15 is 0 Å². The molecule has 0 saturated carbocycles. The summed E-state index contributed by atoms with van der Waals surface area (Å²) in [7, 11) is 1.58. The molecule has 0 aliphatic heterocycles. The lowest BCUT2D eigenvalue weighted by molar-refractivity contribution is 0.0527. The van der Waals surface area contributed by atoms with E-state index in [0.717, 1.165) is 9.86 Å². The number of benzene rings is 2. The SMILES string of the molecule is CCOC(=O)c1cnc2cc(OC)c(Br)cc2c1Nc1ccc(Cl)c(Cl)c1. The molecular weight excluding hydrogens is 455 g/mol. The van der Waals surface area contributed by atoms with E-state index in [0.29, 0.717) is 38.2 Å². The number of ether oxygens (including phenoxy) is 2. The van der Waals surface area contributed by atoms with E-state index in [9.17, 15) is 4.79 Å². The molecule has 140 valence electrons. The first kappa shape index (κ1) is 19.7. The number of hydrogen-bond donors (Lipinski definition) is 1. The van der Waals surface area contributed by atoms with Crippen LogP contribution in [-0.4, -0.2) is 24.7 Å². The van der Waals surface area contributed by atoms with Gasteiger partial charge in [0.15, 0.2) is 0 Å². The highest BCUT2D eigenvalue weighted by atomic mass is 79.9. The van der Waals surface area contributed by atoms with Gasteiger partial charge in [0.05, 0.1) is 39.4 Å². The molecule has 3 aromatic rings. The lowest BCUT2D eigenvalue weighted by Gasteiger charge is -2.15. The Morgan fingerprint density at radius 1 is 1.22 bits per heavy atom. The van der Waals surface area contributed by atoms with Crippen molar-refractivity contribution in [2.24, 2.45) is 0 Å². The van der Waals surface area contributed by atoms with Crippen LogP contribution in [0.2, 0.25) is 10.0 Å². The topological polar surface area (TPSA) is 60.5 Å². The largest absolute Gasteiger partial charge is 0.495 e. The van der Waals surface area contributed by atoms with Gasteiger partial charge in [0, 0.05) is 23.3 Å². The molecule has 0 aliphatic rings. The third-order valence-electron chi connectivity index (χ3n) is 3.83. The zero-order chi connectivity index (χ0) is 19.6. The van der Waals surface area contributed by atoms with Gasteiger partial charge in [0.2, 0.25) is 0 Å². The van der Waals surface area contributed by atoms with Crippen LogP contribution in [0.3, 0.4) is 0 Å². The normalized spacial score (nSPS) is 10.7. The average molecular weight is 470 g/mol. The number of pyridine rings is 1. The number of esters is 1. The first-order valence-electron chi connectivity index (χ1n) is 8.00. The summed E-state index contributed by atoms with van der Waals surface area (Å²) in [6, 6.07) is 8.76. The predicted molar refractivity (Wildman–Crippen MR) is 112 cm³/mol. The Morgan fingerprint density at radius 2 is 2.00 bits per heavy atom. The number of hydrogen-bond acceptors (Lipinski definition) is 5. The minimum atomic E-state index is -0.471. The van der Waals surface area contributed by atoms with Crippen LogP contribution in [0.15, 0.2) is 41.0 Å². The van der Waals surface area contributed by atoms with E-state index in [1.165, 1.54) is 6.20 Å². The summed E-state index contributed by atoms with van der Waals surface area (Å²) >= 11 is 15.6. The highest BCUT2D eigenvalue weighted by Crippen LogP contribution is 2.37. The number of aromatic nitrogens is 1. The van der Waals surface area contributed by atoms with Gasteiger partial charge in [-0.2, -0.15) is 0 Å². The summed E-state index contributed by atoms with van der Waals surface area (Å²) < 4.78 is 11.2. The molecule has 0 saturated heterocycles. The second-order valence-corrected chi connectivity index (χ2v) is 7.19. The van der Waals surface area contributed by atoms with Crippen molar-refractivity contribution in [3.63, 3.8) is 0 Å². The number of rotatable bonds is 5. The number of methoxy groups -OCH3 is 1. The molecule has 0 amide bonds. The Balaban J connectivity index is 2.20. The maximum Gasteiger partial charge on any atom is 0.341 e. The Bertz CT molecular complexity index is 1030. The smallest absolute Gasteiger partial charge is 0.341 e. The molecule has 0 bridgehead atoms. The molecular formula is C19H15BrCl2N2O3. The fraction of sp³-hybridized carbons (Fsp3) is 0.158. The Hall–Kier alpha value is -2.02. The lowest BCUT2D eigenvalue weighted by Crippen LogP contribution is -2.09. The summed E-state index contributed by atoms with van der Waals surface area (Å²) in [6.07, 6.45) is 1.48. The second kappa shape index (κ2) is 8.33. The molecule has 3 rings (SSSR count). The molecule has 0 atom stereocenters. The standard InChI is InChI=1S/C19H15BrCl2N2O3/c1-3-27-19(25)12-9-23-16-8-17(26-2)13(20)7-11(16)18(12)24-10-4-5-14(21)15(22)6-10/h4-9H,3H2,1-2H3,(H,23,24). The monoisotopic (exact) mass is 468 g/mol. The number of carbonyl (C=O) groups is 1. The number of anilines is 2. The molecule has 0 aliphatic carbocycles. The van der Waals surface area contributed by atoms with Crippen LogP contribution in [0.4, 0.5) is 11.4 Å². The van der Waals surface area contributed by atoms with Gasteiger partial charge in [0.25, 0.3) is 0 Å². The molecule has 8 heteroatoms. The van der Waals surface area contributed by atoms with Gasteiger partial charge in [-0.1, -0.05) is 23.2 Å². The predicted octanol–water partition coefficient (Wildman–Crippen LogP) is 6.23. The highest BCUT2D eigenvalue weighted by molar-refractivity contribution is 9.10. The quantitative estimate of drug-likeness (QED) is 0.448. The number of nitrogens with one attached hydrogen (secondary N) is 1. The van der Waals surface area contributed by atoms with Gasteiger partial charge in [-0.15, -0.1) is 0 Å². The number of carbonyl (C=O) groups excluding carboxylic acids is 1. The van der Waals surface area contributed by atoms with Crippen molar-refractivity contribution in [3.8, 4) is 5.75 Å². The summed E-state index contributed by atoms with van der Waals surface area (Å²) in [5.74, 6) is 0.167. The molecule has 5 nitrogen and oxygen atoms in total. The minimum Gasteiger partial charge on any atom is -0.495 e. The lowest BCUT2D eigenvalue weighted by atomic mass is 10.1. The van der Waals surface area contributed by atoms with Crippen LogP contribution >= 0.6 is 39.1 Å². The Labute approximate surface area is 174 Å². The molecule has 0 spiro atoms. The van der Waals surface area contributed by atoms with Crippen molar-refractivity contribution < 1.29 is 14.3 Å². The number of nitrogens with zero attached hydrogens (tertiary/aromatic N) is 1. The van der Waals surface area contributed by atoms with Crippen LogP contribution < -0.4 is 10.1 Å². The van der Waals surface area contributed by atoms with E-state index in [2.05, 4.69) is 26.2 Å². The summed E-state index contributed by atoms with van der Waals surface area (Å²) in [4.78, 5) is 16.8. The van der Waals surface area contributed by atoms with E-state index in [4.69, 9.17) is 32.7 Å². The van der Waals surface area contributed by atoms with Crippen molar-refractivity contribution in [1.29, 1.82) is 0 Å². The van der Waals surface area contributed by atoms with Gasteiger partial charge < -0.3 is 14.8 Å². The molecule has 1 heterocycles. The first-order valence-corrected chi connectivity index (χ1v) is 9.55. The first-order chi connectivity index (χ1) is 12.9. The van der Waals surface area contributed by atoms with Crippen molar-refractivity contribution in [2.75, 3.05) is 19.0 Å². The van der Waals surface area contributed by atoms with Crippen LogP contribution in [0.25, 0.3) is 10.9 Å². The maximum absolute atomic E-state index is 12.4. The van der Waals surface area contributed by atoms with Gasteiger partial charge >= 0.3 is 5.97 Å². The fourth-order valence-electron chi connectivity index (χ4n) is 2.57. The minimum absolute atomic E-state index is 0.259. The summed E-state index contributed by atoms with van der Waals surface area (Å²) in [6.45, 7) is 2.01. The zero-order valence-corrected chi connectivity index (χ0v) is 17.6. The summed E-state index contributed by atoms with van der Waals surface area (Å²) in [5.41, 5.74) is 2.20. The highest BCUT2D eigenvalue weighted by Gasteiger charge is 2.18. The molecule has 0 fully saturated rings. The van der Waals surface area contributed by atoms with E-state index in [1.54, 1.807) is 38.3 Å². The van der Waals surface area contributed by atoms with Gasteiger partial charge in [-0.05, 0) is 47.1 Å². The average Bonchev–Trinajstić information content (AvgIpc) is 2.64. The maximum atomic E-state index is 12.4. The molecule has 0 radical (unpaired) electrons. The second-order valence-electron chi connectivity index (χ2n) is 5.53. The number of halogens is 3. The van der Waals surface area contributed by atoms with Gasteiger partial charge in [-0.3, -0.25) is 4.98 Å². The molecule has 2 aromatic carbocycles. The van der Waals surface area contributed by atoms with Crippen LogP contribution in [-0.2, 0) is 4.74 Å². The van der Waals surface area contributed by atoms with Gasteiger partial charge in [-0.25, -0.2) is 4.79 Å². The Morgan fingerprint density at radius 3 is 2.67 bits per heavy atom. The van der Waals surface area contributed by atoms with Crippen molar-refractivity contribution >= 4 is 67.4 Å². The number of fused-ring (bicyclic) bond motifs is 1. The fourth-order valence-corrected chi connectivity index (χ4v) is 3.37. The van der Waals surface area contributed by atoms with Gasteiger partial charge in [0.1, 0.15) is 11.3 Å². The van der Waals surface area contributed by atoms with Crippen molar-refractivity contribution in [1.82, 2.24) is 4.98 Å². The molecule has 27 heavy (non-hydrogen) atoms. The van der Waals surface area contributed by atoms with Crippen LogP contribution in [0, 0.1) is 0 Å². The summed E-state index contributed by atoms with van der Waals surface area (Å²) in [5, 5.41) is 4.81.